The molecule has 3 rings (SSSR count). The molecule has 0 radical (unpaired) electrons. The van der Waals surface area contributed by atoms with Crippen LogP contribution in [-0.4, -0.2) is 88.4 Å². The summed E-state index contributed by atoms with van der Waals surface area (Å²) in [4.78, 5) is 73.5. The molecule has 13 heteroatoms. The van der Waals surface area contributed by atoms with Gasteiger partial charge in [0.15, 0.2) is 0 Å². The van der Waals surface area contributed by atoms with E-state index in [4.69, 9.17) is 4.74 Å². The second-order valence-electron chi connectivity index (χ2n) is 12.9. The van der Waals surface area contributed by atoms with E-state index in [0.717, 1.165) is 11.4 Å². The molecule has 0 aliphatic carbocycles. The third-order valence-electron chi connectivity index (χ3n) is 8.26. The van der Waals surface area contributed by atoms with Gasteiger partial charge in [0.05, 0.1) is 13.7 Å². The summed E-state index contributed by atoms with van der Waals surface area (Å²) in [6.45, 7) is 11.4. The van der Waals surface area contributed by atoms with Crippen molar-refractivity contribution in [1.29, 1.82) is 0 Å². The van der Waals surface area contributed by atoms with Crippen LogP contribution >= 0.6 is 0 Å². The lowest BCUT2D eigenvalue weighted by Gasteiger charge is -2.31. The van der Waals surface area contributed by atoms with Crippen molar-refractivity contribution >= 4 is 29.5 Å². The van der Waals surface area contributed by atoms with Crippen molar-refractivity contribution in [1.82, 2.24) is 35.7 Å². The fourth-order valence-corrected chi connectivity index (χ4v) is 5.43. The molecule has 1 aliphatic rings. The lowest BCUT2D eigenvalue weighted by atomic mass is 10.0. The molecule has 4 atom stereocenters. The van der Waals surface area contributed by atoms with E-state index in [1.54, 1.807) is 44.5 Å². The highest BCUT2D eigenvalue weighted by molar-refractivity contribution is 5.95. The van der Waals surface area contributed by atoms with Crippen molar-refractivity contribution < 1.29 is 28.7 Å². The largest absolute Gasteiger partial charge is 0.497 e. The van der Waals surface area contributed by atoms with E-state index in [0.29, 0.717) is 25.1 Å². The minimum Gasteiger partial charge on any atom is -0.497 e. The van der Waals surface area contributed by atoms with Crippen LogP contribution in [0, 0.1) is 11.8 Å². The Hall–Kier alpha value is -4.42. The van der Waals surface area contributed by atoms with Crippen LogP contribution in [0.25, 0.3) is 0 Å². The summed E-state index contributed by atoms with van der Waals surface area (Å²) in [5.41, 5.74) is 0.765. The zero-order valence-corrected chi connectivity index (χ0v) is 28.7. The first-order valence-electron chi connectivity index (χ1n) is 16.4. The summed E-state index contributed by atoms with van der Waals surface area (Å²) in [6.07, 6.45) is 4.79. The Balaban J connectivity index is 1.92. The van der Waals surface area contributed by atoms with Gasteiger partial charge >= 0.3 is 0 Å². The third-order valence-corrected chi connectivity index (χ3v) is 8.26. The Morgan fingerprint density at radius 2 is 1.64 bits per heavy atom. The topological polar surface area (TPSA) is 164 Å². The maximum Gasteiger partial charge on any atom is 0.243 e. The number of carbonyl (C=O) groups excluding carboxylic acids is 5. The second-order valence-corrected chi connectivity index (χ2v) is 12.9. The van der Waals surface area contributed by atoms with E-state index in [-0.39, 0.29) is 43.7 Å². The molecule has 0 saturated carbocycles. The minimum atomic E-state index is -1.03. The molecular weight excluding hydrogens is 602 g/mol. The molecule has 4 N–H and O–H groups in total. The van der Waals surface area contributed by atoms with Crippen LogP contribution in [0.3, 0.4) is 0 Å². The van der Waals surface area contributed by atoms with E-state index in [1.165, 1.54) is 4.90 Å². The van der Waals surface area contributed by atoms with Gasteiger partial charge in [-0.15, -0.1) is 0 Å². The lowest BCUT2D eigenvalue weighted by Crippen LogP contribution is -2.57. The first kappa shape index (κ1) is 37.0. The number of aryl methyl sites for hydroxylation is 2. The van der Waals surface area contributed by atoms with Crippen molar-refractivity contribution in [3.8, 4) is 5.75 Å². The lowest BCUT2D eigenvalue weighted by molar-refractivity contribution is -0.138. The normalized spacial score (nSPS) is 21.8. The highest BCUT2D eigenvalue weighted by Gasteiger charge is 2.32. The summed E-state index contributed by atoms with van der Waals surface area (Å²) >= 11 is 0. The van der Waals surface area contributed by atoms with Crippen molar-refractivity contribution in [3.63, 3.8) is 0 Å². The Kier molecular flexibility index (Phi) is 13.8. The number of nitrogens with zero attached hydrogens (tertiary/aromatic N) is 3. The summed E-state index contributed by atoms with van der Waals surface area (Å²) in [5.74, 6) is -0.858. The fourth-order valence-electron chi connectivity index (χ4n) is 5.43. The molecule has 13 nitrogen and oxygen atoms in total. The Morgan fingerprint density at radius 3 is 2.26 bits per heavy atom. The number of ether oxygens (including phenoxy) is 1. The van der Waals surface area contributed by atoms with Crippen LogP contribution in [-0.2, 0) is 43.4 Å². The first-order chi connectivity index (χ1) is 22.3. The predicted octanol–water partition coefficient (Wildman–Crippen LogP) is 1.59. The van der Waals surface area contributed by atoms with Gasteiger partial charge in [0.2, 0.25) is 29.5 Å². The monoisotopic (exact) mass is 653 g/mol. The number of imidazole rings is 1. The van der Waals surface area contributed by atoms with Gasteiger partial charge in [-0.3, -0.25) is 24.0 Å². The Morgan fingerprint density at radius 1 is 0.957 bits per heavy atom. The maximum absolute atomic E-state index is 13.7. The van der Waals surface area contributed by atoms with Crippen LogP contribution in [0.2, 0.25) is 0 Å². The van der Waals surface area contributed by atoms with Gasteiger partial charge in [0.25, 0.3) is 0 Å². The van der Waals surface area contributed by atoms with Crippen molar-refractivity contribution in [2.24, 2.45) is 11.8 Å². The number of hydrogen-bond acceptors (Lipinski definition) is 7. The van der Waals surface area contributed by atoms with Crippen LogP contribution in [0.1, 0.15) is 65.8 Å². The maximum atomic E-state index is 13.7. The molecule has 2 heterocycles. The standard InChI is InChI=1S/C34H51N7O6/c1-8-29-35-14-16-40(29)15-13-31(43)41-19-28(22(4)5)39-32(44)23(6)36-33(45)27(18-24-9-11-25(47-7)12-10-24)38-34(46)26(17-21(2)3)37-30(42)20-41/h9-12,14,16,21-23,26-28H,8,13,15,17-20H2,1-7H3,(H,36,45)(H,37,42)(H,38,46)(H,39,44)/t23-,26+,27+,28-/m1/s1. The van der Waals surface area contributed by atoms with Gasteiger partial charge in [-0.05, 0) is 42.9 Å². The molecule has 5 amide bonds. The Labute approximate surface area is 277 Å². The van der Waals surface area contributed by atoms with Gasteiger partial charge < -0.3 is 35.5 Å². The quantitative estimate of drug-likeness (QED) is 0.303. The van der Waals surface area contributed by atoms with E-state index in [9.17, 15) is 24.0 Å². The molecule has 0 unspecified atom stereocenters. The van der Waals surface area contributed by atoms with Crippen molar-refractivity contribution in [2.45, 2.75) is 97.9 Å². The molecule has 258 valence electrons. The summed E-state index contributed by atoms with van der Waals surface area (Å²) < 4.78 is 7.14. The predicted molar refractivity (Wildman–Crippen MR) is 177 cm³/mol. The van der Waals surface area contributed by atoms with Crippen LogP contribution in [0.4, 0.5) is 0 Å². The molecule has 0 spiro atoms. The number of hydrogen-bond donors (Lipinski definition) is 4. The SMILES string of the molecule is CCc1nccn1CCC(=O)N1CC(=O)N[C@@H](CC(C)C)C(=O)N[C@@H](Cc2ccc(OC)cc2)C(=O)N[C@H](C)C(=O)N[C@@H](C(C)C)C1. The third kappa shape index (κ3) is 11.1. The number of benzene rings is 1. The molecule has 1 fully saturated rings. The average Bonchev–Trinajstić information content (AvgIpc) is 3.49. The number of amides is 5. The highest BCUT2D eigenvalue weighted by atomic mass is 16.5. The summed E-state index contributed by atoms with van der Waals surface area (Å²) in [6, 6.07) is 3.69. The number of carbonyl (C=O) groups is 5. The first-order valence-corrected chi connectivity index (χ1v) is 16.4. The Bertz CT molecular complexity index is 1370. The highest BCUT2D eigenvalue weighted by Crippen LogP contribution is 2.15. The molecule has 1 aromatic heterocycles. The van der Waals surface area contributed by atoms with Crippen molar-refractivity contribution in [3.05, 3.63) is 48.0 Å². The molecule has 1 saturated heterocycles. The molecule has 1 aromatic carbocycles. The number of nitrogens with one attached hydrogen (secondary N) is 4. The number of methoxy groups -OCH3 is 1. The van der Waals surface area contributed by atoms with Gasteiger partial charge in [0, 0.05) is 50.8 Å². The summed E-state index contributed by atoms with van der Waals surface area (Å²) in [5, 5.41) is 11.4. The molecule has 0 bridgehead atoms. The van der Waals surface area contributed by atoms with E-state index >= 15 is 0 Å². The van der Waals surface area contributed by atoms with Crippen LogP contribution in [0.5, 0.6) is 5.75 Å². The van der Waals surface area contributed by atoms with Gasteiger partial charge in [-0.1, -0.05) is 46.8 Å². The molecule has 47 heavy (non-hydrogen) atoms. The summed E-state index contributed by atoms with van der Waals surface area (Å²) in [7, 11) is 1.56. The zero-order valence-electron chi connectivity index (χ0n) is 28.7. The smallest absolute Gasteiger partial charge is 0.243 e. The zero-order chi connectivity index (χ0) is 34.7. The van der Waals surface area contributed by atoms with Gasteiger partial charge in [-0.25, -0.2) is 4.98 Å². The second kappa shape index (κ2) is 17.5. The van der Waals surface area contributed by atoms with E-state index < -0.39 is 47.8 Å². The van der Waals surface area contributed by atoms with E-state index in [1.807, 2.05) is 45.4 Å². The fraction of sp³-hybridized carbons (Fsp3) is 0.588. The minimum absolute atomic E-state index is 0.0369. The van der Waals surface area contributed by atoms with Crippen LogP contribution < -0.4 is 26.0 Å². The molecule has 2 aromatic rings. The van der Waals surface area contributed by atoms with Crippen molar-refractivity contribution in [2.75, 3.05) is 20.2 Å². The van der Waals surface area contributed by atoms with Gasteiger partial charge in [0.1, 0.15) is 29.7 Å². The molecule has 1 aliphatic heterocycles. The van der Waals surface area contributed by atoms with Crippen LogP contribution in [0.15, 0.2) is 36.7 Å². The van der Waals surface area contributed by atoms with E-state index in [2.05, 4.69) is 26.3 Å². The number of aromatic nitrogens is 2. The average molecular weight is 654 g/mol. The molecular formula is C34H51N7O6. The van der Waals surface area contributed by atoms with Gasteiger partial charge in [-0.2, -0.15) is 0 Å². The number of rotatable bonds is 10.